The number of carbonyl (C=O) groups is 1. The number of aromatic nitrogens is 3. The smallest absolute Gasteiger partial charge is 0.433 e. The number of ether oxygens (including phenoxy) is 1. The predicted octanol–water partition coefficient (Wildman–Crippen LogP) is 4.52. The lowest BCUT2D eigenvalue weighted by molar-refractivity contribution is -0.142. The van der Waals surface area contributed by atoms with E-state index in [4.69, 9.17) is 4.74 Å². The van der Waals surface area contributed by atoms with Crippen molar-refractivity contribution in [2.24, 2.45) is 0 Å². The van der Waals surface area contributed by atoms with E-state index >= 15 is 0 Å². The summed E-state index contributed by atoms with van der Waals surface area (Å²) in [5.74, 6) is 0.237. The Morgan fingerprint density at radius 3 is 2.46 bits per heavy atom. The largest absolute Gasteiger partial charge is 0.497 e. The van der Waals surface area contributed by atoms with Gasteiger partial charge < -0.3 is 9.64 Å². The lowest BCUT2D eigenvalue weighted by Gasteiger charge is -2.34. The van der Waals surface area contributed by atoms with Crippen LogP contribution in [0.25, 0.3) is 16.9 Å². The fraction of sp³-hybridized carbons (Fsp3) is 0.296. The van der Waals surface area contributed by atoms with Crippen LogP contribution in [0.2, 0.25) is 0 Å². The van der Waals surface area contributed by atoms with Crippen LogP contribution in [0.4, 0.5) is 13.2 Å². The molecule has 2 bridgehead atoms. The van der Waals surface area contributed by atoms with Gasteiger partial charge in [-0.25, -0.2) is 9.50 Å². The summed E-state index contributed by atoms with van der Waals surface area (Å²) >= 11 is 0. The standard InChI is InChI=1S/C27H24F3N5O2/c1-37-21-9-7-18(8-10-21)23-12-24(27(28,29)30)35-25(32-23)22(13-31-35)26(36)34-16-19-11-20(34)15-33(19)14-17-5-3-2-4-6-17/h2-10,12-13,19-20H,11,14-16H2,1H3. The molecule has 2 fully saturated rings. The third-order valence-electron chi connectivity index (χ3n) is 7.22. The summed E-state index contributed by atoms with van der Waals surface area (Å²) in [6, 6.07) is 17.9. The molecule has 2 atom stereocenters. The molecule has 4 aromatic rings. The normalized spacial score (nSPS) is 19.6. The molecule has 0 radical (unpaired) electrons. The lowest BCUT2D eigenvalue weighted by Crippen LogP contribution is -2.48. The maximum absolute atomic E-state index is 14.0. The highest BCUT2D eigenvalue weighted by Crippen LogP contribution is 2.36. The molecule has 0 aliphatic carbocycles. The zero-order valence-electron chi connectivity index (χ0n) is 20.0. The highest BCUT2D eigenvalue weighted by Gasteiger charge is 2.46. The van der Waals surface area contributed by atoms with Crippen LogP contribution in [0.3, 0.4) is 0 Å². The van der Waals surface area contributed by atoms with E-state index in [0.29, 0.717) is 17.9 Å². The van der Waals surface area contributed by atoms with Gasteiger partial charge >= 0.3 is 6.18 Å². The van der Waals surface area contributed by atoms with Crippen molar-refractivity contribution in [1.29, 1.82) is 0 Å². The number of likely N-dealkylation sites (tertiary alicyclic amines) is 2. The second-order valence-corrected chi connectivity index (χ2v) is 9.46. The number of hydrogen-bond donors (Lipinski definition) is 0. The zero-order valence-corrected chi connectivity index (χ0v) is 20.0. The van der Waals surface area contributed by atoms with Crippen LogP contribution in [0.5, 0.6) is 5.75 Å². The maximum Gasteiger partial charge on any atom is 0.433 e. The van der Waals surface area contributed by atoms with Crippen LogP contribution in [0, 0.1) is 0 Å². The molecule has 4 heterocycles. The van der Waals surface area contributed by atoms with Gasteiger partial charge in [-0.15, -0.1) is 0 Å². The summed E-state index contributed by atoms with van der Waals surface area (Å²) in [6.45, 7) is 2.06. The number of methoxy groups -OCH3 is 1. The first-order chi connectivity index (χ1) is 17.8. The van der Waals surface area contributed by atoms with Crippen molar-refractivity contribution in [3.63, 3.8) is 0 Å². The molecule has 2 saturated heterocycles. The number of benzene rings is 2. The van der Waals surface area contributed by atoms with Crippen LogP contribution < -0.4 is 4.74 Å². The number of piperazine rings is 1. The molecule has 2 aromatic heterocycles. The van der Waals surface area contributed by atoms with Crippen molar-refractivity contribution in [1.82, 2.24) is 24.4 Å². The fourth-order valence-corrected chi connectivity index (χ4v) is 5.39. The van der Waals surface area contributed by atoms with E-state index in [1.54, 1.807) is 29.2 Å². The van der Waals surface area contributed by atoms with Gasteiger partial charge in [0.1, 0.15) is 11.3 Å². The number of alkyl halides is 3. The molecule has 190 valence electrons. The van der Waals surface area contributed by atoms with Crippen molar-refractivity contribution in [3.8, 4) is 17.0 Å². The van der Waals surface area contributed by atoms with E-state index < -0.39 is 11.9 Å². The van der Waals surface area contributed by atoms with Crippen molar-refractivity contribution < 1.29 is 22.7 Å². The first-order valence-electron chi connectivity index (χ1n) is 12.0. The minimum absolute atomic E-state index is 0.00280. The maximum atomic E-state index is 14.0. The predicted molar refractivity (Wildman–Crippen MR) is 130 cm³/mol. The quantitative estimate of drug-likeness (QED) is 0.398. The van der Waals surface area contributed by atoms with Gasteiger partial charge in [0.05, 0.1) is 19.0 Å². The minimum atomic E-state index is -4.68. The van der Waals surface area contributed by atoms with Gasteiger partial charge in [-0.1, -0.05) is 30.3 Å². The number of hydrogen-bond acceptors (Lipinski definition) is 5. The van der Waals surface area contributed by atoms with Crippen LogP contribution in [0.15, 0.2) is 66.9 Å². The molecule has 2 aliphatic heterocycles. The summed E-state index contributed by atoms with van der Waals surface area (Å²) in [7, 11) is 1.51. The van der Waals surface area contributed by atoms with Gasteiger partial charge in [0.25, 0.3) is 5.91 Å². The molecule has 2 unspecified atom stereocenters. The Hall–Kier alpha value is -3.92. The van der Waals surface area contributed by atoms with Crippen LogP contribution >= 0.6 is 0 Å². The minimum Gasteiger partial charge on any atom is -0.497 e. The highest BCUT2D eigenvalue weighted by molar-refractivity contribution is 6.00. The summed E-state index contributed by atoms with van der Waals surface area (Å²) < 4.78 is 47.8. The zero-order chi connectivity index (χ0) is 25.7. The Kier molecular flexibility index (Phi) is 5.63. The Balaban J connectivity index is 1.31. The van der Waals surface area contributed by atoms with Gasteiger partial charge in [-0.05, 0) is 42.3 Å². The average Bonchev–Trinajstić information content (AvgIpc) is 3.62. The number of rotatable bonds is 5. The second kappa shape index (κ2) is 8.88. The molecular weight excluding hydrogens is 483 g/mol. The third-order valence-corrected chi connectivity index (χ3v) is 7.22. The Labute approximate surface area is 211 Å². The van der Waals surface area contributed by atoms with E-state index in [2.05, 4.69) is 27.1 Å². The molecule has 2 aromatic carbocycles. The molecular formula is C27H24F3N5O2. The van der Waals surface area contributed by atoms with Crippen LogP contribution in [-0.4, -0.2) is 62.6 Å². The molecule has 7 nitrogen and oxygen atoms in total. The van der Waals surface area contributed by atoms with E-state index in [1.165, 1.54) is 18.9 Å². The number of nitrogens with zero attached hydrogens (tertiary/aromatic N) is 5. The van der Waals surface area contributed by atoms with Crippen LogP contribution in [-0.2, 0) is 12.7 Å². The molecule has 0 N–H and O–H groups in total. The topological polar surface area (TPSA) is 63.0 Å². The number of fused-ring (bicyclic) bond motifs is 3. The van der Waals surface area contributed by atoms with E-state index in [-0.39, 0.29) is 34.9 Å². The van der Waals surface area contributed by atoms with E-state index in [0.717, 1.165) is 30.1 Å². The second-order valence-electron chi connectivity index (χ2n) is 9.46. The summed E-state index contributed by atoms with van der Waals surface area (Å²) in [6.07, 6.45) is -2.64. The number of halogens is 3. The molecule has 0 spiro atoms. The summed E-state index contributed by atoms with van der Waals surface area (Å²) in [5.41, 5.74) is 0.779. The molecule has 2 aliphatic rings. The SMILES string of the molecule is COc1ccc(-c2cc(C(F)(F)F)n3ncc(C(=O)N4CC5CC4CN5Cc4ccccc4)c3n2)cc1. The Morgan fingerprint density at radius 1 is 1.05 bits per heavy atom. The van der Waals surface area contributed by atoms with Crippen molar-refractivity contribution in [2.45, 2.75) is 31.2 Å². The third kappa shape index (κ3) is 4.21. The van der Waals surface area contributed by atoms with Gasteiger partial charge in [0, 0.05) is 37.3 Å². The van der Waals surface area contributed by atoms with Crippen molar-refractivity contribution >= 4 is 11.6 Å². The lowest BCUT2D eigenvalue weighted by atomic mass is 10.1. The summed E-state index contributed by atoms with van der Waals surface area (Å²) in [5, 5.41) is 3.93. The summed E-state index contributed by atoms with van der Waals surface area (Å²) in [4.78, 5) is 22.2. The van der Waals surface area contributed by atoms with Gasteiger partial charge in [-0.2, -0.15) is 18.3 Å². The van der Waals surface area contributed by atoms with Crippen molar-refractivity contribution in [2.75, 3.05) is 20.2 Å². The number of carbonyl (C=O) groups excluding carboxylic acids is 1. The highest BCUT2D eigenvalue weighted by atomic mass is 19.4. The average molecular weight is 508 g/mol. The molecule has 1 amide bonds. The van der Waals surface area contributed by atoms with Crippen molar-refractivity contribution in [3.05, 3.63) is 83.7 Å². The molecule has 6 rings (SSSR count). The Bertz CT molecular complexity index is 1450. The van der Waals surface area contributed by atoms with Gasteiger partial charge in [-0.3, -0.25) is 9.69 Å². The van der Waals surface area contributed by atoms with E-state index in [9.17, 15) is 18.0 Å². The first-order valence-corrected chi connectivity index (χ1v) is 12.0. The fourth-order valence-electron chi connectivity index (χ4n) is 5.39. The van der Waals surface area contributed by atoms with Gasteiger partial charge in [0.2, 0.25) is 0 Å². The van der Waals surface area contributed by atoms with Gasteiger partial charge in [0.15, 0.2) is 11.3 Å². The number of amides is 1. The molecule has 0 saturated carbocycles. The monoisotopic (exact) mass is 507 g/mol. The van der Waals surface area contributed by atoms with Crippen LogP contribution in [0.1, 0.15) is 28.0 Å². The van der Waals surface area contributed by atoms with E-state index in [1.807, 2.05) is 18.2 Å². The molecule has 37 heavy (non-hydrogen) atoms. The molecule has 10 heteroatoms. The Morgan fingerprint density at radius 2 is 1.81 bits per heavy atom. The first kappa shape index (κ1) is 23.5.